The van der Waals surface area contributed by atoms with Crippen molar-refractivity contribution < 1.29 is 9.59 Å². The van der Waals surface area contributed by atoms with Crippen LogP contribution in [0, 0.1) is 5.92 Å². The Morgan fingerprint density at radius 3 is 2.41 bits per heavy atom. The summed E-state index contributed by atoms with van der Waals surface area (Å²) in [6, 6.07) is 0.317. The quantitative estimate of drug-likeness (QED) is 0.738. The zero-order valence-corrected chi connectivity index (χ0v) is 10.7. The van der Waals surface area contributed by atoms with Gasteiger partial charge in [-0.1, -0.05) is 6.92 Å². The molecule has 1 atom stereocenters. The van der Waals surface area contributed by atoms with E-state index in [1.165, 1.54) is 17.7 Å². The number of carbonyl (C=O) groups excluding carboxylic acids is 2. The van der Waals surface area contributed by atoms with E-state index in [9.17, 15) is 9.59 Å². The molecular formula is C13H22N2O2. The molecular weight excluding hydrogens is 216 g/mol. The molecule has 1 heterocycles. The van der Waals surface area contributed by atoms with Crippen molar-refractivity contribution in [1.82, 2.24) is 10.2 Å². The van der Waals surface area contributed by atoms with Gasteiger partial charge in [0.25, 0.3) is 0 Å². The van der Waals surface area contributed by atoms with Gasteiger partial charge in [0.15, 0.2) is 0 Å². The molecule has 0 aromatic carbocycles. The van der Waals surface area contributed by atoms with Gasteiger partial charge >= 0.3 is 0 Å². The first-order chi connectivity index (χ1) is 8.08. The number of likely N-dealkylation sites (N-methyl/N-ethyl adjacent to an activating group) is 1. The molecule has 0 bridgehead atoms. The number of rotatable bonds is 2. The van der Waals surface area contributed by atoms with Gasteiger partial charge < -0.3 is 5.32 Å². The van der Waals surface area contributed by atoms with Crippen LogP contribution in [0.15, 0.2) is 0 Å². The van der Waals surface area contributed by atoms with Gasteiger partial charge in [0, 0.05) is 19.5 Å². The van der Waals surface area contributed by atoms with Crippen molar-refractivity contribution in [2.24, 2.45) is 5.92 Å². The lowest BCUT2D eigenvalue weighted by Crippen LogP contribution is -2.54. The highest BCUT2D eigenvalue weighted by molar-refractivity contribution is 6.00. The Balaban J connectivity index is 1.87. The van der Waals surface area contributed by atoms with E-state index in [0.717, 1.165) is 18.8 Å². The van der Waals surface area contributed by atoms with Crippen LogP contribution in [0.4, 0.5) is 0 Å². The van der Waals surface area contributed by atoms with Gasteiger partial charge in [0.2, 0.25) is 11.8 Å². The summed E-state index contributed by atoms with van der Waals surface area (Å²) in [7, 11) is 1.58. The van der Waals surface area contributed by atoms with Crippen molar-refractivity contribution in [3.8, 4) is 0 Å². The van der Waals surface area contributed by atoms with E-state index >= 15 is 0 Å². The minimum Gasteiger partial charge on any atom is -0.303 e. The van der Waals surface area contributed by atoms with Crippen LogP contribution < -0.4 is 5.32 Å². The molecule has 17 heavy (non-hydrogen) atoms. The standard InChI is InChI=1S/C13H22N2O2/c1-9-3-5-10(6-4-9)14-11-7-8-12(16)15(2)13(11)17/h9-11,14H,3-8H2,1-2H3. The van der Waals surface area contributed by atoms with E-state index in [4.69, 9.17) is 0 Å². The summed E-state index contributed by atoms with van der Waals surface area (Å²) in [5, 5.41) is 3.44. The molecule has 1 aliphatic heterocycles. The van der Waals surface area contributed by atoms with Gasteiger partial charge in [-0.15, -0.1) is 0 Å². The fourth-order valence-electron chi connectivity index (χ4n) is 2.78. The number of amides is 2. The second kappa shape index (κ2) is 5.17. The molecule has 4 heteroatoms. The number of likely N-dealkylation sites (tertiary alicyclic amines) is 1. The van der Waals surface area contributed by atoms with Crippen molar-refractivity contribution in [1.29, 1.82) is 0 Å². The smallest absolute Gasteiger partial charge is 0.246 e. The molecule has 2 rings (SSSR count). The van der Waals surface area contributed by atoms with Gasteiger partial charge in [-0.2, -0.15) is 0 Å². The predicted molar refractivity (Wildman–Crippen MR) is 65.4 cm³/mol. The monoisotopic (exact) mass is 238 g/mol. The summed E-state index contributed by atoms with van der Waals surface area (Å²) < 4.78 is 0. The molecule has 2 amide bonds. The lowest BCUT2D eigenvalue weighted by molar-refractivity contribution is -0.148. The highest BCUT2D eigenvalue weighted by Crippen LogP contribution is 2.24. The summed E-state index contributed by atoms with van der Waals surface area (Å²) in [6.45, 7) is 2.29. The lowest BCUT2D eigenvalue weighted by Gasteiger charge is -2.34. The first-order valence-corrected chi connectivity index (χ1v) is 6.64. The Bertz CT molecular complexity index is 309. The van der Waals surface area contributed by atoms with Gasteiger partial charge in [-0.25, -0.2) is 0 Å². The van der Waals surface area contributed by atoms with Crippen LogP contribution >= 0.6 is 0 Å². The third kappa shape index (κ3) is 2.86. The van der Waals surface area contributed by atoms with Crippen LogP contribution in [0.3, 0.4) is 0 Å². The summed E-state index contributed by atoms with van der Waals surface area (Å²) in [5.74, 6) is 0.713. The maximum Gasteiger partial charge on any atom is 0.246 e. The zero-order chi connectivity index (χ0) is 12.4. The average Bonchev–Trinajstić information content (AvgIpc) is 2.33. The van der Waals surface area contributed by atoms with Gasteiger partial charge in [-0.3, -0.25) is 14.5 Å². The van der Waals surface area contributed by atoms with Crippen LogP contribution in [0.2, 0.25) is 0 Å². The minimum atomic E-state index is -0.142. The Morgan fingerprint density at radius 2 is 1.76 bits per heavy atom. The topological polar surface area (TPSA) is 49.4 Å². The lowest BCUT2D eigenvalue weighted by atomic mass is 9.86. The predicted octanol–water partition coefficient (Wildman–Crippen LogP) is 1.30. The molecule has 0 spiro atoms. The molecule has 2 aliphatic rings. The van der Waals surface area contributed by atoms with Gasteiger partial charge in [-0.05, 0) is 38.0 Å². The first-order valence-electron chi connectivity index (χ1n) is 6.64. The Labute approximate surface area is 103 Å². The second-order valence-electron chi connectivity index (χ2n) is 5.51. The van der Waals surface area contributed by atoms with Crippen molar-refractivity contribution in [2.75, 3.05) is 7.05 Å². The maximum atomic E-state index is 11.9. The number of hydrogen-bond donors (Lipinski definition) is 1. The molecule has 2 fully saturated rings. The Morgan fingerprint density at radius 1 is 1.12 bits per heavy atom. The van der Waals surface area contributed by atoms with E-state index in [2.05, 4.69) is 12.2 Å². The second-order valence-corrected chi connectivity index (χ2v) is 5.51. The largest absolute Gasteiger partial charge is 0.303 e. The SMILES string of the molecule is CC1CCC(NC2CCC(=O)N(C)C2=O)CC1. The van der Waals surface area contributed by atoms with Crippen LogP contribution in [0.25, 0.3) is 0 Å². The molecule has 1 saturated carbocycles. The fourth-order valence-corrected chi connectivity index (χ4v) is 2.78. The zero-order valence-electron chi connectivity index (χ0n) is 10.7. The number of hydrogen-bond acceptors (Lipinski definition) is 3. The number of carbonyl (C=O) groups is 2. The van der Waals surface area contributed by atoms with Crippen LogP contribution in [0.1, 0.15) is 45.4 Å². The number of imide groups is 1. The van der Waals surface area contributed by atoms with Gasteiger partial charge in [0.1, 0.15) is 0 Å². The van der Waals surface area contributed by atoms with E-state index in [-0.39, 0.29) is 17.9 Å². The first kappa shape index (κ1) is 12.6. The third-order valence-corrected chi connectivity index (χ3v) is 4.10. The van der Waals surface area contributed by atoms with E-state index in [1.54, 1.807) is 7.05 Å². The molecule has 1 unspecified atom stereocenters. The molecule has 96 valence electrons. The molecule has 1 N–H and O–H groups in total. The Kier molecular flexibility index (Phi) is 3.82. The van der Waals surface area contributed by atoms with Crippen molar-refractivity contribution in [3.63, 3.8) is 0 Å². The molecule has 0 radical (unpaired) electrons. The van der Waals surface area contributed by atoms with Crippen molar-refractivity contribution >= 4 is 11.8 Å². The van der Waals surface area contributed by atoms with E-state index < -0.39 is 0 Å². The van der Waals surface area contributed by atoms with Crippen LogP contribution in [-0.4, -0.2) is 35.8 Å². The highest BCUT2D eigenvalue weighted by atomic mass is 16.2. The van der Waals surface area contributed by atoms with E-state index in [1.807, 2.05) is 0 Å². The van der Waals surface area contributed by atoms with E-state index in [0.29, 0.717) is 18.9 Å². The average molecular weight is 238 g/mol. The number of nitrogens with zero attached hydrogens (tertiary/aromatic N) is 1. The summed E-state index contributed by atoms with van der Waals surface area (Å²) in [5.41, 5.74) is 0. The normalized spacial score (nSPS) is 35.2. The highest BCUT2D eigenvalue weighted by Gasteiger charge is 2.33. The maximum absolute atomic E-state index is 11.9. The summed E-state index contributed by atoms with van der Waals surface area (Å²) in [4.78, 5) is 24.5. The van der Waals surface area contributed by atoms with Crippen molar-refractivity contribution in [3.05, 3.63) is 0 Å². The van der Waals surface area contributed by atoms with Gasteiger partial charge in [0.05, 0.1) is 6.04 Å². The fraction of sp³-hybridized carbons (Fsp3) is 0.846. The molecule has 1 saturated heterocycles. The summed E-state index contributed by atoms with van der Waals surface area (Å²) in [6.07, 6.45) is 5.95. The third-order valence-electron chi connectivity index (χ3n) is 4.10. The summed E-state index contributed by atoms with van der Waals surface area (Å²) >= 11 is 0. The molecule has 1 aliphatic carbocycles. The molecule has 0 aromatic heterocycles. The number of nitrogens with one attached hydrogen (secondary N) is 1. The van der Waals surface area contributed by atoms with Crippen LogP contribution in [0.5, 0.6) is 0 Å². The van der Waals surface area contributed by atoms with Crippen LogP contribution in [-0.2, 0) is 9.59 Å². The van der Waals surface area contributed by atoms with Crippen molar-refractivity contribution in [2.45, 2.75) is 57.5 Å². The Hall–Kier alpha value is -0.900. The minimum absolute atomic E-state index is 0.0506. The number of piperidine rings is 1. The molecule has 4 nitrogen and oxygen atoms in total. The molecule has 0 aromatic rings.